The minimum atomic E-state index is -0.00480. The van der Waals surface area contributed by atoms with Gasteiger partial charge in [-0.05, 0) is 23.4 Å². The van der Waals surface area contributed by atoms with Crippen LogP contribution in [-0.4, -0.2) is 15.8 Å². The summed E-state index contributed by atoms with van der Waals surface area (Å²) in [6.07, 6.45) is 8.05. The Morgan fingerprint density at radius 3 is 2.61 bits per heavy atom. The molecule has 4 nitrogen and oxygen atoms in total. The fourth-order valence-electron chi connectivity index (χ4n) is 2.70. The minimum Gasteiger partial charge on any atom is -0.314 e. The fourth-order valence-corrected chi connectivity index (χ4v) is 2.70. The first-order valence-corrected chi connectivity index (χ1v) is 7.77. The van der Waals surface area contributed by atoms with E-state index in [1.54, 1.807) is 29.1 Å². The molecule has 1 aromatic carbocycles. The van der Waals surface area contributed by atoms with E-state index in [9.17, 15) is 9.59 Å². The third-order valence-electron chi connectivity index (χ3n) is 4.00. The smallest absolute Gasteiger partial charge is 0.260 e. The van der Waals surface area contributed by atoms with Crippen molar-refractivity contribution < 1.29 is 4.79 Å². The molecule has 3 rings (SSSR count). The number of fused-ring (bicyclic) bond motifs is 1. The monoisotopic (exact) mass is 306 g/mol. The quantitative estimate of drug-likeness (QED) is 0.676. The summed E-state index contributed by atoms with van der Waals surface area (Å²) in [5.41, 5.74) is 2.60. The number of hydrogen-bond acceptors (Lipinski definition) is 3. The van der Waals surface area contributed by atoms with E-state index in [-0.39, 0.29) is 5.56 Å². The Morgan fingerprint density at radius 2 is 1.91 bits per heavy atom. The highest BCUT2D eigenvalue weighted by molar-refractivity contribution is 5.95. The van der Waals surface area contributed by atoms with Crippen molar-refractivity contribution in [1.29, 1.82) is 0 Å². The Morgan fingerprint density at radius 1 is 1.13 bits per heavy atom. The van der Waals surface area contributed by atoms with Crippen molar-refractivity contribution in [2.75, 3.05) is 0 Å². The zero-order valence-electron chi connectivity index (χ0n) is 13.0. The third kappa shape index (κ3) is 2.93. The lowest BCUT2D eigenvalue weighted by Crippen LogP contribution is -2.20. The van der Waals surface area contributed by atoms with Crippen LogP contribution in [0.25, 0.3) is 21.9 Å². The summed E-state index contributed by atoms with van der Waals surface area (Å²) in [7, 11) is 0. The summed E-state index contributed by atoms with van der Waals surface area (Å²) in [6, 6.07) is 9.26. The van der Waals surface area contributed by atoms with Crippen molar-refractivity contribution in [3.8, 4) is 11.1 Å². The van der Waals surface area contributed by atoms with Crippen LogP contribution in [0.1, 0.15) is 30.1 Å². The van der Waals surface area contributed by atoms with Crippen LogP contribution in [0.15, 0.2) is 53.7 Å². The average Bonchev–Trinajstić information content (AvgIpc) is 2.61. The first-order valence-electron chi connectivity index (χ1n) is 7.77. The third-order valence-corrected chi connectivity index (χ3v) is 4.00. The molecule has 0 spiro atoms. The lowest BCUT2D eigenvalue weighted by molar-refractivity contribution is 0.112. The molecule has 2 heterocycles. The average molecular weight is 306 g/mol. The van der Waals surface area contributed by atoms with Crippen LogP contribution in [0.4, 0.5) is 0 Å². The Hall–Kier alpha value is -2.75. The number of aryl methyl sites for hydroxylation is 1. The largest absolute Gasteiger partial charge is 0.314 e. The van der Waals surface area contributed by atoms with E-state index in [4.69, 9.17) is 0 Å². The predicted molar refractivity (Wildman–Crippen MR) is 91.7 cm³/mol. The van der Waals surface area contributed by atoms with Crippen molar-refractivity contribution in [3.05, 3.63) is 64.8 Å². The number of pyridine rings is 2. The molecule has 0 amide bonds. The molecule has 3 aromatic rings. The van der Waals surface area contributed by atoms with Gasteiger partial charge in [-0.3, -0.25) is 14.6 Å². The fraction of sp³-hybridized carbons (Fsp3) is 0.211. The summed E-state index contributed by atoms with van der Waals surface area (Å²) in [5.74, 6) is 0. The van der Waals surface area contributed by atoms with Crippen LogP contribution in [0, 0.1) is 0 Å². The zero-order valence-corrected chi connectivity index (χ0v) is 13.0. The molecule has 23 heavy (non-hydrogen) atoms. The van der Waals surface area contributed by atoms with E-state index < -0.39 is 0 Å². The van der Waals surface area contributed by atoms with Crippen LogP contribution < -0.4 is 5.56 Å². The molecule has 0 fully saturated rings. The summed E-state index contributed by atoms with van der Waals surface area (Å²) in [4.78, 5) is 27.5. The minimum absolute atomic E-state index is 0.00480. The van der Waals surface area contributed by atoms with Gasteiger partial charge in [-0.2, -0.15) is 0 Å². The topological polar surface area (TPSA) is 52.0 Å². The maximum atomic E-state index is 12.6. The van der Waals surface area contributed by atoms with Crippen molar-refractivity contribution >= 4 is 17.1 Å². The summed E-state index contributed by atoms with van der Waals surface area (Å²) < 4.78 is 1.76. The number of unbranched alkanes of at least 4 members (excludes halogenated alkanes) is 1. The lowest BCUT2D eigenvalue weighted by Gasteiger charge is -2.12. The number of hydrogen-bond donors (Lipinski definition) is 0. The Balaban J connectivity index is 2.23. The second-order valence-corrected chi connectivity index (χ2v) is 5.56. The van der Waals surface area contributed by atoms with Gasteiger partial charge in [-0.15, -0.1) is 0 Å². The van der Waals surface area contributed by atoms with Crippen molar-refractivity contribution in [3.63, 3.8) is 0 Å². The van der Waals surface area contributed by atoms with Crippen LogP contribution in [0.3, 0.4) is 0 Å². The van der Waals surface area contributed by atoms with Gasteiger partial charge in [0.25, 0.3) is 5.56 Å². The Labute approximate surface area is 134 Å². The zero-order chi connectivity index (χ0) is 16.2. The van der Waals surface area contributed by atoms with E-state index in [1.807, 2.05) is 24.4 Å². The molecule has 0 saturated heterocycles. The summed E-state index contributed by atoms with van der Waals surface area (Å²) in [6.45, 7) is 2.80. The van der Waals surface area contributed by atoms with Gasteiger partial charge in [0.05, 0.1) is 5.39 Å². The highest BCUT2D eigenvalue weighted by Gasteiger charge is 2.10. The predicted octanol–water partition coefficient (Wildman–Crippen LogP) is 3.68. The van der Waals surface area contributed by atoms with Crippen LogP contribution >= 0.6 is 0 Å². The highest BCUT2D eigenvalue weighted by atomic mass is 16.1. The van der Waals surface area contributed by atoms with Gasteiger partial charge in [0.15, 0.2) is 0 Å². The molecule has 4 heteroatoms. The summed E-state index contributed by atoms with van der Waals surface area (Å²) in [5, 5.41) is 1.51. The van der Waals surface area contributed by atoms with Crippen molar-refractivity contribution in [2.24, 2.45) is 0 Å². The molecule has 0 aliphatic carbocycles. The van der Waals surface area contributed by atoms with Gasteiger partial charge in [0.1, 0.15) is 6.29 Å². The number of aromatic nitrogens is 2. The van der Waals surface area contributed by atoms with Gasteiger partial charge < -0.3 is 4.57 Å². The maximum absolute atomic E-state index is 12.6. The van der Waals surface area contributed by atoms with E-state index in [1.165, 1.54) is 0 Å². The molecular weight excluding hydrogens is 288 g/mol. The van der Waals surface area contributed by atoms with E-state index in [0.29, 0.717) is 17.5 Å². The van der Waals surface area contributed by atoms with E-state index >= 15 is 0 Å². The summed E-state index contributed by atoms with van der Waals surface area (Å²) >= 11 is 0. The van der Waals surface area contributed by atoms with Gasteiger partial charge >= 0.3 is 0 Å². The van der Waals surface area contributed by atoms with Crippen molar-refractivity contribution in [1.82, 2.24) is 9.55 Å². The van der Waals surface area contributed by atoms with E-state index in [0.717, 1.165) is 35.6 Å². The van der Waals surface area contributed by atoms with Crippen LogP contribution in [0.5, 0.6) is 0 Å². The first-order chi connectivity index (χ1) is 11.2. The maximum Gasteiger partial charge on any atom is 0.260 e. The number of benzene rings is 1. The first kappa shape index (κ1) is 15.2. The molecule has 0 saturated carbocycles. The lowest BCUT2D eigenvalue weighted by atomic mass is 10.0. The van der Waals surface area contributed by atoms with Gasteiger partial charge in [-0.25, -0.2) is 0 Å². The van der Waals surface area contributed by atoms with E-state index in [2.05, 4.69) is 11.9 Å². The molecule has 0 unspecified atom stereocenters. The highest BCUT2D eigenvalue weighted by Crippen LogP contribution is 2.26. The Bertz CT molecular complexity index is 895. The second kappa shape index (κ2) is 6.57. The molecule has 0 radical (unpaired) electrons. The van der Waals surface area contributed by atoms with Crippen LogP contribution in [-0.2, 0) is 6.54 Å². The second-order valence-electron chi connectivity index (χ2n) is 5.56. The molecular formula is C19H18N2O2. The van der Waals surface area contributed by atoms with Gasteiger partial charge in [0.2, 0.25) is 0 Å². The molecule has 0 aliphatic heterocycles. The molecule has 0 bridgehead atoms. The SMILES string of the molecule is CCCCn1cc(-c2ccc(C=O)cc2)c2ccncc2c1=O. The molecule has 0 atom stereocenters. The molecule has 116 valence electrons. The number of carbonyl (C=O) groups is 1. The van der Waals surface area contributed by atoms with Gasteiger partial charge in [-0.1, -0.05) is 37.6 Å². The normalized spacial score (nSPS) is 10.8. The standard InChI is InChI=1S/C19H18N2O2/c1-2-3-10-21-12-18(15-6-4-14(13-22)5-7-15)16-8-9-20-11-17(16)19(21)23/h4-9,11-13H,2-3,10H2,1H3. The number of nitrogens with zero attached hydrogens (tertiary/aromatic N) is 2. The Kier molecular flexibility index (Phi) is 4.33. The van der Waals surface area contributed by atoms with Crippen molar-refractivity contribution in [2.45, 2.75) is 26.3 Å². The molecule has 2 aromatic heterocycles. The number of rotatable bonds is 5. The molecule has 0 N–H and O–H groups in total. The van der Waals surface area contributed by atoms with Gasteiger partial charge in [0, 0.05) is 36.3 Å². The number of aldehydes is 1. The number of carbonyl (C=O) groups excluding carboxylic acids is 1. The molecule has 0 aliphatic rings. The van der Waals surface area contributed by atoms with Crippen LogP contribution in [0.2, 0.25) is 0 Å².